The minimum absolute atomic E-state index is 0.114. The summed E-state index contributed by atoms with van der Waals surface area (Å²) in [5.41, 5.74) is 9.78. The summed E-state index contributed by atoms with van der Waals surface area (Å²) in [6, 6.07) is 6.58. The van der Waals surface area contributed by atoms with Gasteiger partial charge in [0.1, 0.15) is 0 Å². The maximum atomic E-state index is 10.7. The summed E-state index contributed by atoms with van der Waals surface area (Å²) >= 11 is 0. The van der Waals surface area contributed by atoms with Crippen molar-refractivity contribution in [2.45, 2.75) is 19.8 Å². The molecule has 0 N–H and O–H groups in total. The van der Waals surface area contributed by atoms with E-state index in [1.165, 1.54) is 6.07 Å². The van der Waals surface area contributed by atoms with Crippen LogP contribution in [0.3, 0.4) is 0 Å². The largest absolute Gasteiger partial charge is 0.362 e. The summed E-state index contributed by atoms with van der Waals surface area (Å²) in [6.07, 6.45) is 1.02. The third-order valence-corrected chi connectivity index (χ3v) is 2.12. The fourth-order valence-corrected chi connectivity index (χ4v) is 1.27. The second-order valence-corrected chi connectivity index (χ2v) is 3.22. The molecule has 0 spiro atoms. The summed E-state index contributed by atoms with van der Waals surface area (Å²) in [5.74, 6) is 0. The number of hydrogen-bond donors (Lipinski definition) is 0. The minimum atomic E-state index is -0.402. The van der Waals surface area contributed by atoms with Gasteiger partial charge in [-0.2, -0.15) is 4.79 Å². The van der Waals surface area contributed by atoms with Gasteiger partial charge in [0, 0.05) is 25.0 Å². The lowest BCUT2D eigenvalue weighted by Gasteiger charge is -1.99. The van der Waals surface area contributed by atoms with Gasteiger partial charge in [-0.3, -0.25) is 10.1 Å². The number of nitro benzene ring substituents is 1. The normalized spacial score (nSPS) is 9.40. The van der Waals surface area contributed by atoms with Crippen LogP contribution < -0.4 is 0 Å². The van der Waals surface area contributed by atoms with E-state index in [-0.39, 0.29) is 5.69 Å². The van der Waals surface area contributed by atoms with Gasteiger partial charge in [-0.05, 0) is 6.42 Å². The van der Waals surface area contributed by atoms with Crippen LogP contribution in [-0.2, 0) is 6.42 Å². The van der Waals surface area contributed by atoms with Crippen molar-refractivity contribution in [2.75, 3.05) is 0 Å². The first-order valence-electron chi connectivity index (χ1n) is 4.55. The molecule has 1 aromatic carbocycles. The van der Waals surface area contributed by atoms with Crippen molar-refractivity contribution >= 4 is 11.4 Å². The molecule has 0 radical (unpaired) electrons. The molecule has 0 aromatic heterocycles. The first-order valence-corrected chi connectivity index (χ1v) is 4.55. The van der Waals surface area contributed by atoms with E-state index in [1.807, 2.05) is 0 Å². The number of rotatable bonds is 4. The summed E-state index contributed by atoms with van der Waals surface area (Å²) in [6.45, 7) is 1.68. The number of nitro groups is 1. The second-order valence-electron chi connectivity index (χ2n) is 3.22. The third-order valence-electron chi connectivity index (χ3n) is 2.12. The maximum Gasteiger partial charge on any atom is 0.272 e. The zero-order valence-corrected chi connectivity index (χ0v) is 8.38. The topological polar surface area (TPSA) is 79.5 Å². The van der Waals surface area contributed by atoms with E-state index in [4.69, 9.17) is 5.53 Å². The molecule has 0 unspecified atom stereocenters. The molecule has 0 saturated heterocycles. The number of aryl methyl sites for hydroxylation is 1. The fraction of sp³-hybridized carbons (Fsp3) is 0.300. The Labute approximate surface area is 87.1 Å². The lowest BCUT2D eigenvalue weighted by atomic mass is 10.1. The lowest BCUT2D eigenvalue weighted by Crippen LogP contribution is -1.99. The van der Waals surface area contributed by atoms with E-state index >= 15 is 0 Å². The first-order chi connectivity index (χ1) is 7.15. The summed E-state index contributed by atoms with van der Waals surface area (Å²) in [4.78, 5) is 13.3. The third kappa shape index (κ3) is 3.00. The molecule has 0 saturated carbocycles. The molecule has 0 bridgehead atoms. The molecule has 15 heavy (non-hydrogen) atoms. The molecule has 0 aliphatic carbocycles. The molecule has 5 nitrogen and oxygen atoms in total. The predicted octanol–water partition coefficient (Wildman–Crippen LogP) is 2.22. The Kier molecular flexibility index (Phi) is 3.71. The van der Waals surface area contributed by atoms with Gasteiger partial charge in [-0.25, -0.2) is 0 Å². The SMILES string of the molecule is CC(CCc1ccccc1[N+](=O)[O-])=[N+]=[N-]. The Morgan fingerprint density at radius 1 is 1.53 bits per heavy atom. The number of para-hydroxylation sites is 1. The average Bonchev–Trinajstić information content (AvgIpc) is 2.26. The van der Waals surface area contributed by atoms with E-state index in [2.05, 4.69) is 4.79 Å². The van der Waals surface area contributed by atoms with Gasteiger partial charge in [0.25, 0.3) is 11.4 Å². The van der Waals surface area contributed by atoms with Gasteiger partial charge >= 0.3 is 0 Å². The van der Waals surface area contributed by atoms with Crippen LogP contribution in [-0.4, -0.2) is 15.4 Å². The highest BCUT2D eigenvalue weighted by Gasteiger charge is 2.13. The van der Waals surface area contributed by atoms with Crippen LogP contribution in [0.25, 0.3) is 5.53 Å². The molecule has 0 aliphatic heterocycles. The molecule has 1 rings (SSSR count). The van der Waals surface area contributed by atoms with Crippen molar-refractivity contribution in [3.63, 3.8) is 0 Å². The van der Waals surface area contributed by atoms with Crippen LogP contribution in [0.15, 0.2) is 24.3 Å². The van der Waals surface area contributed by atoms with E-state index < -0.39 is 4.92 Å². The van der Waals surface area contributed by atoms with Crippen molar-refractivity contribution < 1.29 is 9.71 Å². The van der Waals surface area contributed by atoms with Crippen molar-refractivity contribution in [3.8, 4) is 0 Å². The van der Waals surface area contributed by atoms with Gasteiger partial charge in [0.2, 0.25) is 0 Å². The van der Waals surface area contributed by atoms with Crippen LogP contribution in [0, 0.1) is 10.1 Å². The average molecular weight is 205 g/mol. The van der Waals surface area contributed by atoms with Crippen molar-refractivity contribution in [2.24, 2.45) is 0 Å². The van der Waals surface area contributed by atoms with E-state index in [9.17, 15) is 10.1 Å². The zero-order chi connectivity index (χ0) is 11.3. The minimum Gasteiger partial charge on any atom is -0.362 e. The van der Waals surface area contributed by atoms with E-state index in [0.29, 0.717) is 24.1 Å². The zero-order valence-electron chi connectivity index (χ0n) is 8.38. The smallest absolute Gasteiger partial charge is 0.272 e. The molecule has 1 aromatic rings. The Balaban J connectivity index is 2.85. The molecule has 5 heteroatoms. The number of benzene rings is 1. The van der Waals surface area contributed by atoms with Crippen molar-refractivity contribution in [1.82, 2.24) is 0 Å². The maximum absolute atomic E-state index is 10.7. The van der Waals surface area contributed by atoms with Gasteiger partial charge in [-0.15, -0.1) is 0 Å². The Hall–Kier alpha value is -2.00. The molecular weight excluding hydrogens is 194 g/mol. The molecule has 0 fully saturated rings. The van der Waals surface area contributed by atoms with Gasteiger partial charge in [0.15, 0.2) is 0 Å². The van der Waals surface area contributed by atoms with Gasteiger partial charge in [-0.1, -0.05) is 18.2 Å². The highest BCUT2D eigenvalue weighted by Crippen LogP contribution is 2.18. The Bertz CT molecular complexity index is 422. The summed E-state index contributed by atoms with van der Waals surface area (Å²) < 4.78 is 0. The van der Waals surface area contributed by atoms with Crippen LogP contribution in [0.4, 0.5) is 5.69 Å². The van der Waals surface area contributed by atoms with Gasteiger partial charge < -0.3 is 5.53 Å². The van der Waals surface area contributed by atoms with Crippen LogP contribution in [0.2, 0.25) is 0 Å². The van der Waals surface area contributed by atoms with Crippen molar-refractivity contribution in [3.05, 3.63) is 45.5 Å². The standard InChI is InChI=1S/C10H11N3O2/c1-8(12-11)6-7-9-4-2-3-5-10(9)13(14)15/h2-5H,6-7H2,1H3. The molecule has 0 aliphatic rings. The highest BCUT2D eigenvalue weighted by molar-refractivity contribution is 5.76. The number of nitrogens with zero attached hydrogens (tertiary/aromatic N) is 3. The van der Waals surface area contributed by atoms with E-state index in [1.54, 1.807) is 25.1 Å². The Morgan fingerprint density at radius 3 is 2.80 bits per heavy atom. The fourth-order valence-electron chi connectivity index (χ4n) is 1.27. The van der Waals surface area contributed by atoms with Crippen LogP contribution >= 0.6 is 0 Å². The summed E-state index contributed by atoms with van der Waals surface area (Å²) in [5, 5.41) is 10.7. The number of hydrogen-bond acceptors (Lipinski definition) is 2. The first kappa shape index (κ1) is 11.1. The molecule has 0 heterocycles. The highest BCUT2D eigenvalue weighted by atomic mass is 16.6. The van der Waals surface area contributed by atoms with E-state index in [0.717, 1.165) is 0 Å². The van der Waals surface area contributed by atoms with Crippen LogP contribution in [0.1, 0.15) is 18.9 Å². The molecular formula is C10H11N3O2. The molecule has 0 amide bonds. The summed E-state index contributed by atoms with van der Waals surface area (Å²) in [7, 11) is 0. The monoisotopic (exact) mass is 205 g/mol. The molecule has 78 valence electrons. The Morgan fingerprint density at radius 2 is 2.20 bits per heavy atom. The van der Waals surface area contributed by atoms with Crippen molar-refractivity contribution in [1.29, 1.82) is 0 Å². The predicted molar refractivity (Wildman–Crippen MR) is 55.7 cm³/mol. The van der Waals surface area contributed by atoms with Crippen LogP contribution in [0.5, 0.6) is 0 Å². The lowest BCUT2D eigenvalue weighted by molar-refractivity contribution is -0.385. The second kappa shape index (κ2) is 5.02. The van der Waals surface area contributed by atoms with Gasteiger partial charge in [0.05, 0.1) is 4.92 Å². The molecule has 0 atom stereocenters. The quantitative estimate of drug-likeness (QED) is 0.248.